The number of thiazole rings is 1. The Kier molecular flexibility index (Phi) is 5.83. The molecule has 0 N–H and O–H groups in total. The van der Waals surface area contributed by atoms with E-state index in [0.29, 0.717) is 24.8 Å². The van der Waals surface area contributed by atoms with Gasteiger partial charge in [0, 0.05) is 44.6 Å². The van der Waals surface area contributed by atoms with Gasteiger partial charge in [-0.1, -0.05) is 41.2 Å². The van der Waals surface area contributed by atoms with Crippen LogP contribution in [0.4, 0.5) is 5.69 Å². The van der Waals surface area contributed by atoms with E-state index < -0.39 is 0 Å². The van der Waals surface area contributed by atoms with E-state index in [1.54, 1.807) is 16.2 Å². The van der Waals surface area contributed by atoms with Gasteiger partial charge in [0.25, 0.3) is 5.19 Å². The maximum atomic E-state index is 13.1. The highest BCUT2D eigenvalue weighted by Crippen LogP contribution is 2.34. The van der Waals surface area contributed by atoms with Gasteiger partial charge >= 0.3 is 0 Å². The van der Waals surface area contributed by atoms with E-state index in [9.17, 15) is 9.59 Å². The van der Waals surface area contributed by atoms with Crippen molar-refractivity contribution in [1.29, 1.82) is 0 Å². The van der Waals surface area contributed by atoms with Crippen LogP contribution in [-0.2, 0) is 9.59 Å². The molecule has 2 saturated heterocycles. The predicted molar refractivity (Wildman–Crippen MR) is 131 cm³/mol. The number of fused-ring (bicyclic) bond motifs is 1. The van der Waals surface area contributed by atoms with Crippen molar-refractivity contribution in [3.63, 3.8) is 0 Å². The van der Waals surface area contributed by atoms with E-state index in [1.165, 1.54) is 10.3 Å². The molecule has 3 heterocycles. The van der Waals surface area contributed by atoms with Crippen LogP contribution >= 0.6 is 11.3 Å². The Labute approximate surface area is 198 Å². The van der Waals surface area contributed by atoms with Crippen molar-refractivity contribution in [3.05, 3.63) is 53.1 Å². The van der Waals surface area contributed by atoms with Gasteiger partial charge in [-0.3, -0.25) is 9.59 Å². The first kappa shape index (κ1) is 21.9. The van der Waals surface area contributed by atoms with Gasteiger partial charge < -0.3 is 14.5 Å². The van der Waals surface area contributed by atoms with E-state index in [0.717, 1.165) is 35.2 Å². The number of amides is 2. The second-order valence-corrected chi connectivity index (χ2v) is 10.2. The zero-order valence-electron chi connectivity index (χ0n) is 19.3. The fourth-order valence-electron chi connectivity index (χ4n) is 4.73. The molecular weight excluding hydrogens is 434 g/mol. The van der Waals surface area contributed by atoms with Crippen LogP contribution in [0, 0.1) is 26.7 Å². The Bertz CT molecular complexity index is 1160. The van der Waals surface area contributed by atoms with Crippen LogP contribution in [0.5, 0.6) is 5.19 Å². The zero-order chi connectivity index (χ0) is 23.1. The number of aromatic nitrogens is 1. The van der Waals surface area contributed by atoms with Gasteiger partial charge in [-0.2, -0.15) is 0 Å². The summed E-state index contributed by atoms with van der Waals surface area (Å²) >= 11 is 1.60. The number of hydrogen-bond acceptors (Lipinski definition) is 5. The Hall–Kier alpha value is -2.93. The molecule has 0 spiro atoms. The number of carbonyl (C=O) groups is 2. The summed E-state index contributed by atoms with van der Waals surface area (Å²) in [5.74, 6) is -0.161. The number of rotatable bonds is 4. The van der Waals surface area contributed by atoms with E-state index in [2.05, 4.69) is 26.0 Å². The summed E-state index contributed by atoms with van der Waals surface area (Å²) in [4.78, 5) is 34.1. The van der Waals surface area contributed by atoms with Gasteiger partial charge in [0.1, 0.15) is 6.10 Å². The van der Waals surface area contributed by atoms with Crippen molar-refractivity contribution in [1.82, 2.24) is 9.88 Å². The average molecular weight is 464 g/mol. The second kappa shape index (κ2) is 8.78. The van der Waals surface area contributed by atoms with E-state index in [-0.39, 0.29) is 30.3 Å². The number of ether oxygens (including phenoxy) is 1. The number of carbonyl (C=O) groups excluding carboxylic acids is 2. The summed E-state index contributed by atoms with van der Waals surface area (Å²) in [5, 5.41) is 0.710. The molecule has 2 aliphatic heterocycles. The highest BCUT2D eigenvalue weighted by Gasteiger charge is 2.38. The maximum absolute atomic E-state index is 13.1. The van der Waals surface area contributed by atoms with Crippen LogP contribution in [0.15, 0.2) is 36.4 Å². The number of likely N-dealkylation sites (tertiary alicyclic amines) is 1. The second-order valence-electron chi connectivity index (χ2n) is 9.24. The fraction of sp³-hybridized carbons (Fsp3) is 0.423. The summed E-state index contributed by atoms with van der Waals surface area (Å²) in [5.41, 5.74) is 5.42. The van der Waals surface area contributed by atoms with Crippen LogP contribution in [0.2, 0.25) is 0 Å². The summed E-state index contributed by atoms with van der Waals surface area (Å²) in [7, 11) is 0. The Morgan fingerprint density at radius 3 is 2.42 bits per heavy atom. The van der Waals surface area contributed by atoms with Crippen molar-refractivity contribution in [3.8, 4) is 5.19 Å². The van der Waals surface area contributed by atoms with Gasteiger partial charge in [0.15, 0.2) is 0 Å². The predicted octanol–water partition coefficient (Wildman–Crippen LogP) is 4.64. The molecule has 172 valence electrons. The smallest absolute Gasteiger partial charge is 0.274 e. The van der Waals surface area contributed by atoms with Crippen molar-refractivity contribution < 1.29 is 14.3 Å². The maximum Gasteiger partial charge on any atom is 0.274 e. The number of hydrogen-bond donors (Lipinski definition) is 0. The van der Waals surface area contributed by atoms with Crippen LogP contribution in [0.1, 0.15) is 36.0 Å². The molecule has 3 aromatic rings. The molecule has 1 aromatic heterocycles. The zero-order valence-corrected chi connectivity index (χ0v) is 20.2. The normalized spacial score (nSPS) is 19.5. The third-order valence-corrected chi connectivity index (χ3v) is 7.85. The largest absolute Gasteiger partial charge is 0.467 e. The van der Waals surface area contributed by atoms with E-state index in [4.69, 9.17) is 9.72 Å². The Morgan fingerprint density at radius 2 is 1.73 bits per heavy atom. The number of piperidine rings is 1. The third kappa shape index (κ3) is 4.34. The Balaban J connectivity index is 1.18. The summed E-state index contributed by atoms with van der Waals surface area (Å²) in [6, 6.07) is 12.1. The topological polar surface area (TPSA) is 62.7 Å². The molecule has 7 heteroatoms. The molecule has 0 radical (unpaired) electrons. The van der Waals surface area contributed by atoms with Gasteiger partial charge in [-0.15, -0.1) is 0 Å². The lowest BCUT2D eigenvalue weighted by molar-refractivity contribution is -0.137. The highest BCUT2D eigenvalue weighted by atomic mass is 32.1. The number of aryl methyl sites for hydroxylation is 3. The average Bonchev–Trinajstić information content (AvgIpc) is 3.42. The molecule has 2 amide bonds. The molecule has 33 heavy (non-hydrogen) atoms. The van der Waals surface area contributed by atoms with Crippen molar-refractivity contribution in [2.75, 3.05) is 24.5 Å². The molecule has 2 aromatic carbocycles. The molecular formula is C26H29N3O3S. The van der Waals surface area contributed by atoms with Gasteiger partial charge in [0.05, 0.1) is 16.1 Å². The minimum Gasteiger partial charge on any atom is -0.467 e. The fourth-order valence-corrected chi connectivity index (χ4v) is 5.76. The molecule has 2 aliphatic rings. The minimum absolute atomic E-state index is 0.0249. The summed E-state index contributed by atoms with van der Waals surface area (Å²) < 4.78 is 7.39. The molecule has 0 saturated carbocycles. The lowest BCUT2D eigenvalue weighted by Gasteiger charge is -2.33. The first-order valence-corrected chi connectivity index (χ1v) is 12.4. The van der Waals surface area contributed by atoms with Crippen LogP contribution < -0.4 is 9.64 Å². The standard InChI is InChI=1S/C26H29N3O3S/c1-16-4-8-20(9-5-16)29-15-19(14-22(29)30)25(31)28-12-10-21(11-13-28)32-26-27-23-17(2)6-7-18(3)24(23)33-26/h4-9,19,21H,10-15H2,1-3H3. The van der Waals surface area contributed by atoms with Gasteiger partial charge in [0.2, 0.25) is 11.8 Å². The lowest BCUT2D eigenvalue weighted by atomic mass is 10.0. The SMILES string of the molecule is Cc1ccc(N2CC(C(=O)N3CCC(Oc4nc5c(C)ccc(C)c5s4)CC3)CC2=O)cc1. The van der Waals surface area contributed by atoms with Crippen LogP contribution in [-0.4, -0.2) is 47.4 Å². The number of nitrogens with zero attached hydrogens (tertiary/aromatic N) is 3. The lowest BCUT2D eigenvalue weighted by Crippen LogP contribution is -2.44. The highest BCUT2D eigenvalue weighted by molar-refractivity contribution is 7.20. The first-order valence-electron chi connectivity index (χ1n) is 11.6. The molecule has 6 nitrogen and oxygen atoms in total. The van der Waals surface area contributed by atoms with Crippen LogP contribution in [0.3, 0.4) is 0 Å². The number of anilines is 1. The van der Waals surface area contributed by atoms with E-state index in [1.807, 2.05) is 36.1 Å². The number of benzene rings is 2. The van der Waals surface area contributed by atoms with Gasteiger partial charge in [-0.25, -0.2) is 4.98 Å². The molecule has 2 fully saturated rings. The minimum atomic E-state index is -0.272. The third-order valence-electron chi connectivity index (χ3n) is 6.76. The van der Waals surface area contributed by atoms with Crippen molar-refractivity contribution in [2.45, 2.75) is 46.1 Å². The monoisotopic (exact) mass is 463 g/mol. The molecule has 0 aliphatic carbocycles. The van der Waals surface area contributed by atoms with Crippen LogP contribution in [0.25, 0.3) is 10.2 Å². The summed E-state index contributed by atoms with van der Waals surface area (Å²) in [6.45, 7) is 7.96. The summed E-state index contributed by atoms with van der Waals surface area (Å²) in [6.07, 6.45) is 1.90. The van der Waals surface area contributed by atoms with Gasteiger partial charge in [-0.05, 0) is 44.0 Å². The first-order chi connectivity index (χ1) is 15.9. The Morgan fingerprint density at radius 1 is 1.03 bits per heavy atom. The molecule has 0 bridgehead atoms. The quantitative estimate of drug-likeness (QED) is 0.565. The molecule has 1 unspecified atom stereocenters. The molecule has 1 atom stereocenters. The molecule has 5 rings (SSSR count). The van der Waals surface area contributed by atoms with Crippen molar-refractivity contribution in [2.24, 2.45) is 5.92 Å². The van der Waals surface area contributed by atoms with Crippen molar-refractivity contribution >= 4 is 39.1 Å². The van der Waals surface area contributed by atoms with E-state index >= 15 is 0 Å².